The molecule has 536 valence electrons. The number of ether oxygens (including phenoxy) is 1. The number of carboxylic acids is 2. The number of carbonyl (C=O) groups is 5. The van der Waals surface area contributed by atoms with E-state index in [4.69, 9.17) is 46.6 Å². The van der Waals surface area contributed by atoms with Crippen LogP contribution in [0.2, 0.25) is 10.0 Å². The summed E-state index contributed by atoms with van der Waals surface area (Å²) in [7, 11) is -1.45. The zero-order chi connectivity index (χ0) is 74.8. The largest absolute Gasteiger partial charge is 0.478 e. The number of carboxylic acid groups (broad SMARTS) is 2. The molecule has 36 heteroatoms. The number of nitrogens with one attached hydrogen (secondary N) is 4. The van der Waals surface area contributed by atoms with E-state index in [0.717, 1.165) is 21.8 Å². The van der Waals surface area contributed by atoms with Gasteiger partial charge in [-0.25, -0.2) is 14.2 Å². The number of aromatic carboxylic acids is 2. The van der Waals surface area contributed by atoms with Gasteiger partial charge in [0.1, 0.15) is 42.5 Å². The normalized spacial score (nSPS) is 13.9. The van der Waals surface area contributed by atoms with Crippen molar-refractivity contribution in [3.63, 3.8) is 0 Å². The molecule has 11 rings (SSSR count). The monoisotopic (exact) mass is 1520 g/mol. The van der Waals surface area contributed by atoms with Crippen LogP contribution in [-0.4, -0.2) is 112 Å². The molecule has 31 nitrogen and oxygen atoms in total. The number of phenolic OH excluding ortho intramolecular Hbond substituents is 1. The van der Waals surface area contributed by atoms with Gasteiger partial charge in [-0.2, -0.15) is 0 Å². The van der Waals surface area contributed by atoms with Gasteiger partial charge >= 0.3 is 184 Å². The van der Waals surface area contributed by atoms with Crippen LogP contribution in [0, 0.1) is 11.8 Å². The van der Waals surface area contributed by atoms with E-state index in [0.29, 0.717) is 33.4 Å². The van der Waals surface area contributed by atoms with Crippen molar-refractivity contribution in [2.75, 3.05) is 46.2 Å². The van der Waals surface area contributed by atoms with Crippen LogP contribution in [0.3, 0.4) is 0 Å². The molecule has 1 fully saturated rings. The molecule has 0 spiro atoms. The molecule has 0 radical (unpaired) electrons. The van der Waals surface area contributed by atoms with Gasteiger partial charge in [0.2, 0.25) is 5.36 Å². The fraction of sp³-hybridized carbons (Fsp3) is 0.191. The number of nitrogens with zero attached hydrogens (tertiary/aromatic N) is 3. The molecule has 1 saturated heterocycles. The molecule has 2 aliphatic carbocycles. The van der Waals surface area contributed by atoms with Gasteiger partial charge in [-0.15, -0.1) is 0 Å². The molecule has 4 heterocycles. The smallest absolute Gasteiger partial charge is 0.337 e. The number of phenols is 1. The number of aromatic amines is 1. The first-order chi connectivity index (χ1) is 49.6. The number of hydrogen-bond donors (Lipinski definition) is 9. The second-order valence-corrected chi connectivity index (χ2v) is 34.7. The molecule has 2 atom stereocenters. The molecule has 5 aliphatic rings. The average Bonchev–Trinajstić information content (AvgIpc) is 0.882. The Hall–Kier alpha value is -10.8. The van der Waals surface area contributed by atoms with Gasteiger partial charge in [0.05, 0.1) is 44.9 Å². The summed E-state index contributed by atoms with van der Waals surface area (Å²) in [5.74, 6) is 0.401. The molecular formula is C68H57Cl2N7O24P3+. The van der Waals surface area contributed by atoms with E-state index in [1.807, 2.05) is 61.9 Å². The fourth-order valence-corrected chi connectivity index (χ4v) is 16.8. The number of H-pyrrole nitrogens is 1. The standard InChI is InChI=1S/C68H56Cl2N7O24P3/c1-75(2)38-13-18-44-52(26-38)97-53-27-39(76(3)4)14-19-45(53)57(44)58-50(69)29-48(60(70)59(58)67(86)87)65(83)72-30-34-8-10-35(11-9-34)62(80)73-31-49-51(79)22-21-46-56(43-20-15-40(78)28-54(43)98-61(46)49)47-25-36(12-17-42(47)66(84)85)63(81)71-24-6-5-7-37-32-77(68(88)74-64(37)82)55-23-16-41(96-55)33-95-104(100-90,101-99-89,102(91)92)103(93)94/h8-15,17-22,25-29,32,41,55H,7,16,23-24,30-31,33H2,1-4H3,(H8-,71,72,73,74,78,79,80,81,82,83,84,85,86,87,88,89,90)/p+1/t41-,55+/m0/s1. The van der Waals surface area contributed by atoms with Gasteiger partial charge in [0, 0.05) is 94.2 Å². The van der Waals surface area contributed by atoms with Crippen molar-refractivity contribution >= 4 is 102 Å². The SMILES string of the molecule is CN(C)c1ccc2c(-c3c(Cl)cc(C(=O)NCc4ccc(C(=O)NCc5c6oc7cc(O)ccc7c(-c7cc(C(=O)NCC#CCc8cn([C@H]9CC[C@@H](COP(OO)(OOO)(P(=O)=O)P(=O)=O)O9)c(=O)[nH]c8=O)ccc7C(=O)O)c-6ccc5=O)cc4)c(Cl)c3C(=O)O)c3ccc(=[N+](C)C)cc-3oc2c1. The quantitative estimate of drug-likeness (QED) is 0.00717. The van der Waals surface area contributed by atoms with Crippen LogP contribution in [0.25, 0.3) is 66.8 Å². The number of hydrogen-bond acceptors (Lipinski definition) is 23. The molecular weight excluding hydrogens is 1460 g/mol. The average molecular weight is 1520 g/mol. The first kappa shape index (κ1) is 74.4. The summed E-state index contributed by atoms with van der Waals surface area (Å²) in [6.45, 7) is -8.48. The number of benzene rings is 7. The van der Waals surface area contributed by atoms with E-state index in [2.05, 4.69) is 47.2 Å². The molecule has 3 aliphatic heterocycles. The number of amides is 3. The Labute approximate surface area is 595 Å². The Morgan fingerprint density at radius 2 is 1.40 bits per heavy atom. The number of anilines is 1. The third-order valence-electron chi connectivity index (χ3n) is 17.0. The van der Waals surface area contributed by atoms with Crippen molar-refractivity contribution in [3.05, 3.63) is 212 Å². The second-order valence-electron chi connectivity index (χ2n) is 23.7. The number of fused-ring (bicyclic) bond motifs is 4. The zero-order valence-corrected chi connectivity index (χ0v) is 58.8. The van der Waals surface area contributed by atoms with E-state index < -0.39 is 98.8 Å². The van der Waals surface area contributed by atoms with Gasteiger partial charge in [-0.05, 0) is 90.0 Å². The van der Waals surface area contributed by atoms with Crippen LogP contribution in [0.5, 0.6) is 5.75 Å². The minimum absolute atomic E-state index is 0.0103. The van der Waals surface area contributed by atoms with Crippen LogP contribution in [0.4, 0.5) is 5.69 Å². The van der Waals surface area contributed by atoms with Gasteiger partial charge in [-0.1, -0.05) is 35.3 Å². The third kappa shape index (κ3) is 14.4. The van der Waals surface area contributed by atoms with E-state index in [-0.39, 0.29) is 121 Å². The van der Waals surface area contributed by atoms with Crippen LogP contribution in [-0.2, 0) is 61.4 Å². The summed E-state index contributed by atoms with van der Waals surface area (Å²) < 4.78 is 81.8. The first-order valence-corrected chi connectivity index (χ1v) is 37.3. The van der Waals surface area contributed by atoms with Crippen LogP contribution < -0.4 is 47.5 Å². The van der Waals surface area contributed by atoms with Crippen molar-refractivity contribution in [3.8, 4) is 62.5 Å². The number of halogens is 2. The van der Waals surface area contributed by atoms with Gasteiger partial charge in [0.25, 0.3) is 17.7 Å². The molecule has 104 heavy (non-hydrogen) atoms. The van der Waals surface area contributed by atoms with Crippen LogP contribution in [0.1, 0.15) is 87.5 Å². The molecule has 9 N–H and O–H groups in total. The Morgan fingerprint density at radius 3 is 2.09 bits per heavy atom. The molecule has 0 saturated carbocycles. The van der Waals surface area contributed by atoms with Crippen LogP contribution >= 0.6 is 44.6 Å². The summed E-state index contributed by atoms with van der Waals surface area (Å²) in [6, 6.07) is 28.5. The van der Waals surface area contributed by atoms with Crippen LogP contribution in [0.15, 0.2) is 145 Å². The molecule has 5 aromatic carbocycles. The Bertz CT molecular complexity index is 5620. The molecule has 1 aromatic heterocycles. The van der Waals surface area contributed by atoms with E-state index in [1.54, 1.807) is 24.3 Å². The predicted octanol–water partition coefficient (Wildman–Crippen LogP) is 10.4. The van der Waals surface area contributed by atoms with Crippen molar-refractivity contribution in [2.24, 2.45) is 0 Å². The summed E-state index contributed by atoms with van der Waals surface area (Å²) in [4.78, 5) is 111. The molecule has 3 amide bonds. The van der Waals surface area contributed by atoms with Gasteiger partial charge in [-0.3, -0.25) is 19.2 Å². The maximum Gasteiger partial charge on any atom is 0.337 e. The molecule has 0 unspecified atom stereocenters. The predicted molar refractivity (Wildman–Crippen MR) is 375 cm³/mol. The maximum absolute atomic E-state index is 14.0. The first-order valence-electron chi connectivity index (χ1n) is 30.8. The van der Waals surface area contributed by atoms with Crippen molar-refractivity contribution in [1.82, 2.24) is 30.1 Å². The summed E-state index contributed by atoms with van der Waals surface area (Å²) in [5, 5.41) is 62.5. The fourth-order valence-electron chi connectivity index (χ4n) is 11.7. The third-order valence-corrected chi connectivity index (χ3v) is 27.4. The summed E-state index contributed by atoms with van der Waals surface area (Å²) in [5.41, 5.74) is -0.418. The topological polar surface area (TPSA) is 441 Å². The summed E-state index contributed by atoms with van der Waals surface area (Å²) >= 11 is 13.9. The Morgan fingerprint density at radius 1 is 0.721 bits per heavy atom. The minimum Gasteiger partial charge on any atom is -0.478 e. The minimum atomic E-state index is -6.62. The van der Waals surface area contributed by atoms with E-state index >= 15 is 0 Å². The second kappa shape index (κ2) is 30.3. The number of carbonyl (C=O) groups excluding carboxylic acids is 3. The van der Waals surface area contributed by atoms with Gasteiger partial charge in [0.15, 0.2) is 5.43 Å². The van der Waals surface area contributed by atoms with Crippen molar-refractivity contribution in [2.45, 2.75) is 44.7 Å². The van der Waals surface area contributed by atoms with Gasteiger partial charge < -0.3 is 45.0 Å². The molecule has 0 bridgehead atoms. The van der Waals surface area contributed by atoms with E-state index in [1.165, 1.54) is 66.7 Å². The van der Waals surface area contributed by atoms with Crippen molar-refractivity contribution in [1.29, 1.82) is 0 Å². The van der Waals surface area contributed by atoms with E-state index in [9.17, 15) is 77.2 Å². The Balaban J connectivity index is 0.773. The maximum atomic E-state index is 14.0. The van der Waals surface area contributed by atoms with Crippen molar-refractivity contribution < 1.29 is 101 Å². The number of aromatic hydroxyl groups is 1. The summed E-state index contributed by atoms with van der Waals surface area (Å²) in [6.07, 6.45) is -1.52. The zero-order valence-electron chi connectivity index (χ0n) is 54.6. The Kier molecular flexibility index (Phi) is 21.6. The number of aromatic nitrogens is 2. The molecule has 6 aromatic rings. The number of rotatable bonds is 23.